The van der Waals surface area contributed by atoms with Crippen molar-refractivity contribution in [3.05, 3.63) is 17.7 Å². The largest absolute Gasteiger partial charge is 0.541 e. The van der Waals surface area contributed by atoms with Crippen LogP contribution in [0.1, 0.15) is 10.4 Å². The van der Waals surface area contributed by atoms with Crippen LogP contribution >= 0.6 is 0 Å². The first-order valence-corrected chi connectivity index (χ1v) is 8.73. The molecule has 94 valence electrons. The van der Waals surface area contributed by atoms with Crippen LogP contribution in [0.2, 0.25) is 19.6 Å². The highest BCUT2D eigenvalue weighted by Gasteiger charge is 2.23. The molecule has 17 heavy (non-hydrogen) atoms. The molecule has 0 aromatic heterocycles. The lowest BCUT2D eigenvalue weighted by molar-refractivity contribution is 0.112. The number of carbonyl (C=O) groups is 1. The molecule has 0 atom stereocenters. The lowest BCUT2D eigenvalue weighted by Gasteiger charge is -2.23. The number of carbonyl (C=O) groups excluding carboxylic acids is 1. The predicted octanol–water partition coefficient (Wildman–Crippen LogP) is 2.73. The highest BCUT2D eigenvalue weighted by molar-refractivity contribution is 6.70. The maximum Gasteiger partial charge on any atom is 0.242 e. The molecule has 5 heteroatoms. The molecule has 0 bridgehead atoms. The van der Waals surface area contributed by atoms with Crippen molar-refractivity contribution in [1.29, 1.82) is 0 Å². The van der Waals surface area contributed by atoms with Crippen molar-refractivity contribution >= 4 is 14.6 Å². The van der Waals surface area contributed by atoms with Crippen LogP contribution in [0, 0.1) is 0 Å². The van der Waals surface area contributed by atoms with Crippen LogP contribution in [-0.4, -0.2) is 28.8 Å². The third-order valence-electron chi connectivity index (χ3n) is 2.07. The van der Waals surface area contributed by atoms with Gasteiger partial charge < -0.3 is 13.9 Å². The van der Waals surface area contributed by atoms with Crippen molar-refractivity contribution in [2.75, 3.05) is 14.2 Å². The van der Waals surface area contributed by atoms with Crippen LogP contribution in [-0.2, 0) is 0 Å². The molecule has 0 aliphatic heterocycles. The summed E-state index contributed by atoms with van der Waals surface area (Å²) in [6.07, 6.45) is 0.761. The van der Waals surface area contributed by atoms with Crippen LogP contribution in [0.25, 0.3) is 0 Å². The molecule has 0 heterocycles. The summed E-state index contributed by atoms with van der Waals surface area (Å²) in [5.74, 6) is 1.51. The second-order valence-electron chi connectivity index (χ2n) is 4.55. The summed E-state index contributed by atoms with van der Waals surface area (Å²) in [6, 6.07) is 3.36. The minimum atomic E-state index is -1.82. The highest BCUT2D eigenvalue weighted by atomic mass is 28.4. The summed E-state index contributed by atoms with van der Waals surface area (Å²) < 4.78 is 16.3. The molecule has 1 aromatic rings. The van der Waals surface area contributed by atoms with Crippen molar-refractivity contribution in [3.8, 4) is 17.2 Å². The molecular weight excluding hydrogens is 236 g/mol. The van der Waals surface area contributed by atoms with Crippen LogP contribution in [0.3, 0.4) is 0 Å². The van der Waals surface area contributed by atoms with E-state index in [-0.39, 0.29) is 0 Å². The Morgan fingerprint density at radius 3 is 2.12 bits per heavy atom. The topological polar surface area (TPSA) is 44.8 Å². The second-order valence-corrected chi connectivity index (χ2v) is 8.98. The van der Waals surface area contributed by atoms with E-state index in [1.165, 1.54) is 7.11 Å². The van der Waals surface area contributed by atoms with Crippen LogP contribution in [0.15, 0.2) is 12.1 Å². The fourth-order valence-corrected chi connectivity index (χ4v) is 2.24. The van der Waals surface area contributed by atoms with Crippen molar-refractivity contribution in [1.82, 2.24) is 0 Å². The molecule has 4 nitrogen and oxygen atoms in total. The molecule has 0 aliphatic rings. The number of methoxy groups -OCH3 is 2. The average Bonchev–Trinajstić information content (AvgIpc) is 2.26. The minimum Gasteiger partial charge on any atom is -0.541 e. The van der Waals surface area contributed by atoms with Gasteiger partial charge in [-0.25, -0.2) is 0 Å². The smallest absolute Gasteiger partial charge is 0.242 e. The molecule has 0 unspecified atom stereocenters. The number of benzene rings is 1. The van der Waals surface area contributed by atoms with E-state index < -0.39 is 8.32 Å². The maximum atomic E-state index is 11.0. The number of ether oxygens (including phenoxy) is 2. The fourth-order valence-electron chi connectivity index (χ4n) is 1.42. The Bertz CT molecular complexity index is 410. The van der Waals surface area contributed by atoms with Gasteiger partial charge in [-0.1, -0.05) is 0 Å². The van der Waals surface area contributed by atoms with Gasteiger partial charge in [0.25, 0.3) is 0 Å². The summed E-state index contributed by atoms with van der Waals surface area (Å²) in [6.45, 7) is 6.13. The van der Waals surface area contributed by atoms with Gasteiger partial charge in [-0.2, -0.15) is 0 Å². The molecule has 0 N–H and O–H groups in total. The first-order chi connectivity index (χ1) is 7.92. The zero-order chi connectivity index (χ0) is 13.1. The number of hydrogen-bond donors (Lipinski definition) is 0. The summed E-state index contributed by atoms with van der Waals surface area (Å²) in [7, 11) is 1.26. The Morgan fingerprint density at radius 2 is 1.71 bits per heavy atom. The Labute approximate surface area is 103 Å². The lowest BCUT2D eigenvalue weighted by atomic mass is 10.2. The molecule has 1 aromatic carbocycles. The summed E-state index contributed by atoms with van der Waals surface area (Å²) >= 11 is 0. The Balaban J connectivity index is 3.35. The molecule has 1 rings (SSSR count). The van der Waals surface area contributed by atoms with E-state index in [9.17, 15) is 4.79 Å². The van der Waals surface area contributed by atoms with Crippen molar-refractivity contribution < 1.29 is 18.7 Å². The molecule has 0 saturated heterocycles. The van der Waals surface area contributed by atoms with E-state index in [1.807, 2.05) is 19.6 Å². The molecule has 0 amide bonds. The Morgan fingerprint density at radius 1 is 1.06 bits per heavy atom. The third-order valence-corrected chi connectivity index (χ3v) is 2.88. The zero-order valence-electron chi connectivity index (χ0n) is 10.9. The Hall–Kier alpha value is -1.49. The minimum absolute atomic E-state index is 0.472. The summed E-state index contributed by atoms with van der Waals surface area (Å²) in [5.41, 5.74) is 0.477. The molecule has 0 fully saturated rings. The van der Waals surface area contributed by atoms with Gasteiger partial charge in [0.2, 0.25) is 14.1 Å². The van der Waals surface area contributed by atoms with Crippen molar-refractivity contribution in [3.63, 3.8) is 0 Å². The normalized spacial score (nSPS) is 10.9. The van der Waals surface area contributed by atoms with Gasteiger partial charge in [0.1, 0.15) is 0 Å². The monoisotopic (exact) mass is 254 g/mol. The van der Waals surface area contributed by atoms with Gasteiger partial charge in [-0.15, -0.1) is 0 Å². The van der Waals surface area contributed by atoms with E-state index in [0.717, 1.165) is 6.29 Å². The molecule has 0 saturated carbocycles. The fraction of sp³-hybridized carbons (Fsp3) is 0.417. The quantitative estimate of drug-likeness (QED) is 0.598. The van der Waals surface area contributed by atoms with Crippen molar-refractivity contribution in [2.24, 2.45) is 0 Å². The van der Waals surface area contributed by atoms with Gasteiger partial charge >= 0.3 is 0 Å². The first-order valence-electron chi connectivity index (χ1n) is 5.32. The second kappa shape index (κ2) is 5.22. The average molecular weight is 254 g/mol. The third kappa shape index (κ3) is 3.23. The van der Waals surface area contributed by atoms with E-state index in [4.69, 9.17) is 13.9 Å². The van der Waals surface area contributed by atoms with E-state index >= 15 is 0 Å². The van der Waals surface area contributed by atoms with Crippen LogP contribution < -0.4 is 13.9 Å². The highest BCUT2D eigenvalue weighted by Crippen LogP contribution is 2.40. The molecule has 0 spiro atoms. The maximum absolute atomic E-state index is 11.0. The van der Waals surface area contributed by atoms with Gasteiger partial charge in [0, 0.05) is 0 Å². The number of hydrogen-bond acceptors (Lipinski definition) is 4. The number of rotatable bonds is 5. The van der Waals surface area contributed by atoms with Crippen molar-refractivity contribution in [2.45, 2.75) is 19.6 Å². The lowest BCUT2D eigenvalue weighted by Crippen LogP contribution is -2.30. The number of aldehydes is 1. The SMILES string of the molecule is COc1ccc(C=O)c(O[Si](C)(C)C)c1OC. The van der Waals surface area contributed by atoms with Gasteiger partial charge in [-0.05, 0) is 31.8 Å². The summed E-state index contributed by atoms with van der Waals surface area (Å²) in [5, 5.41) is 0. The summed E-state index contributed by atoms with van der Waals surface area (Å²) in [4.78, 5) is 11.0. The van der Waals surface area contributed by atoms with E-state index in [2.05, 4.69) is 0 Å². The molecule has 0 aliphatic carbocycles. The van der Waals surface area contributed by atoms with E-state index in [0.29, 0.717) is 22.8 Å². The Kier molecular flexibility index (Phi) is 4.17. The molecular formula is C12H18O4Si. The van der Waals surface area contributed by atoms with Gasteiger partial charge in [0.05, 0.1) is 19.8 Å². The first kappa shape index (κ1) is 13.6. The van der Waals surface area contributed by atoms with Crippen LogP contribution in [0.5, 0.6) is 17.2 Å². The zero-order valence-corrected chi connectivity index (χ0v) is 11.9. The van der Waals surface area contributed by atoms with Crippen LogP contribution in [0.4, 0.5) is 0 Å². The standard InChI is InChI=1S/C12H18O4Si/c1-14-10-7-6-9(8-13)11(12(10)15-2)16-17(3,4)5/h6-8H,1-5H3. The van der Waals surface area contributed by atoms with E-state index in [1.54, 1.807) is 19.2 Å². The molecule has 0 radical (unpaired) electrons. The van der Waals surface area contributed by atoms with Gasteiger partial charge in [0.15, 0.2) is 17.8 Å². The predicted molar refractivity (Wildman–Crippen MR) is 68.9 cm³/mol. The van der Waals surface area contributed by atoms with Gasteiger partial charge in [-0.3, -0.25) is 4.79 Å².